The summed E-state index contributed by atoms with van der Waals surface area (Å²) in [5.41, 5.74) is 7.08. The second-order valence-electron chi connectivity index (χ2n) is 11.7. The number of thioether (sulfide) groups is 1. The molecule has 2 amide bonds. The highest BCUT2D eigenvalue weighted by atomic mass is 32.2. The molecule has 0 aromatic heterocycles. The summed E-state index contributed by atoms with van der Waals surface area (Å²) in [5, 5.41) is 15.5. The Balaban J connectivity index is 1.16. The minimum atomic E-state index is -0.533. The third-order valence-electron chi connectivity index (χ3n) is 8.53. The van der Waals surface area contributed by atoms with Crippen LogP contribution >= 0.6 is 11.8 Å². The molecule has 1 fully saturated rings. The van der Waals surface area contributed by atoms with Crippen molar-refractivity contribution in [3.05, 3.63) is 161 Å². The number of benzene rings is 5. The van der Waals surface area contributed by atoms with Gasteiger partial charge >= 0.3 is 6.03 Å². The Hall–Kier alpha value is -4.40. The molecule has 1 aliphatic rings. The molecule has 0 aliphatic carbocycles. The van der Waals surface area contributed by atoms with Crippen LogP contribution in [0.15, 0.2) is 138 Å². The third-order valence-corrected chi connectivity index (χ3v) is 9.63. The molecule has 0 saturated carbocycles. The maximum absolute atomic E-state index is 12.5. The first-order valence-electron chi connectivity index (χ1n) is 16.0. The van der Waals surface area contributed by atoms with Crippen molar-refractivity contribution < 1.29 is 19.4 Å². The molecule has 240 valence electrons. The molecule has 1 heterocycles. The molecule has 5 aromatic rings. The van der Waals surface area contributed by atoms with E-state index in [4.69, 9.17) is 9.47 Å². The summed E-state index contributed by atoms with van der Waals surface area (Å²) >= 11 is 1.79. The van der Waals surface area contributed by atoms with Crippen LogP contribution in [0.3, 0.4) is 0 Å². The summed E-state index contributed by atoms with van der Waals surface area (Å²) in [6.45, 7) is 3.08. The van der Waals surface area contributed by atoms with E-state index in [0.717, 1.165) is 44.7 Å². The average Bonchev–Trinajstić information content (AvgIpc) is 3.14. The number of aliphatic hydroxyl groups is 1. The summed E-state index contributed by atoms with van der Waals surface area (Å²) in [4.78, 5) is 13.7. The van der Waals surface area contributed by atoms with Gasteiger partial charge in [0.15, 0.2) is 6.29 Å². The van der Waals surface area contributed by atoms with Gasteiger partial charge in [-0.05, 0) is 45.5 Å². The van der Waals surface area contributed by atoms with E-state index in [0.29, 0.717) is 13.1 Å². The van der Waals surface area contributed by atoms with Crippen LogP contribution in [0.4, 0.5) is 4.79 Å². The molecule has 0 radical (unpaired) electrons. The zero-order valence-electron chi connectivity index (χ0n) is 26.4. The lowest BCUT2D eigenvalue weighted by atomic mass is 9.91. The smallest absolute Gasteiger partial charge is 0.315 e. The molecular weight excluding hydrogens is 605 g/mol. The molecular formula is C40H40N2O4S. The van der Waals surface area contributed by atoms with Gasteiger partial charge in [0.25, 0.3) is 0 Å². The fourth-order valence-electron chi connectivity index (χ4n) is 5.80. The molecule has 1 aliphatic heterocycles. The first kappa shape index (κ1) is 32.5. The van der Waals surface area contributed by atoms with Crippen molar-refractivity contribution in [1.82, 2.24) is 10.6 Å². The van der Waals surface area contributed by atoms with Gasteiger partial charge in [-0.15, -0.1) is 11.8 Å². The highest BCUT2D eigenvalue weighted by molar-refractivity contribution is 7.99. The van der Waals surface area contributed by atoms with Gasteiger partial charge in [-0.25, -0.2) is 4.79 Å². The highest BCUT2D eigenvalue weighted by Crippen LogP contribution is 2.43. The monoisotopic (exact) mass is 644 g/mol. The fraction of sp³-hybridized carbons (Fsp3) is 0.225. The second-order valence-corrected chi connectivity index (χ2v) is 12.8. The minimum Gasteiger partial charge on any atom is -0.392 e. The Morgan fingerprint density at radius 3 is 2.06 bits per heavy atom. The topological polar surface area (TPSA) is 79.8 Å². The SMILES string of the molecule is CC1C(CSc2ccccc2)OC(c2ccc(-c3ccccc3CNC(=O)NCc3ccccc3)cc2)OC1c1ccc(CO)cc1. The van der Waals surface area contributed by atoms with E-state index < -0.39 is 6.29 Å². The van der Waals surface area contributed by atoms with Crippen LogP contribution in [0.5, 0.6) is 0 Å². The first-order valence-corrected chi connectivity index (χ1v) is 17.0. The highest BCUT2D eigenvalue weighted by Gasteiger charge is 2.38. The Bertz CT molecular complexity index is 1720. The van der Waals surface area contributed by atoms with E-state index in [1.165, 1.54) is 4.90 Å². The van der Waals surface area contributed by atoms with E-state index in [9.17, 15) is 9.90 Å². The van der Waals surface area contributed by atoms with Gasteiger partial charge in [-0.1, -0.05) is 128 Å². The molecule has 3 N–H and O–H groups in total. The standard InChI is InChI=1S/C40H40N2O4S/c1-28-37(27-47-35-13-6-3-7-14-35)45-39(46-38(28)32-18-16-30(26-43)17-19-32)33-22-20-31(21-23-33)36-15-9-8-12-34(36)25-42-40(44)41-24-29-10-4-2-5-11-29/h2-23,28,37-39,43H,24-27H2,1H3,(H2,41,42,44). The third kappa shape index (κ3) is 8.50. The number of nitrogens with one attached hydrogen (secondary N) is 2. The van der Waals surface area contributed by atoms with Crippen LogP contribution in [0.2, 0.25) is 0 Å². The molecule has 0 spiro atoms. The Kier molecular flexibility index (Phi) is 11.0. The van der Waals surface area contributed by atoms with E-state index in [2.05, 4.69) is 72.2 Å². The summed E-state index contributed by atoms with van der Waals surface area (Å²) in [7, 11) is 0. The van der Waals surface area contributed by atoms with Crippen molar-refractivity contribution in [2.24, 2.45) is 5.92 Å². The Labute approximate surface area is 281 Å². The van der Waals surface area contributed by atoms with Crippen LogP contribution < -0.4 is 10.6 Å². The number of aliphatic hydroxyl groups excluding tert-OH is 1. The van der Waals surface area contributed by atoms with Crippen molar-refractivity contribution in [3.8, 4) is 11.1 Å². The maximum atomic E-state index is 12.5. The summed E-state index contributed by atoms with van der Waals surface area (Å²) in [6.07, 6.45) is -0.738. The number of carbonyl (C=O) groups excluding carboxylic acids is 1. The number of hydrogen-bond acceptors (Lipinski definition) is 5. The summed E-state index contributed by atoms with van der Waals surface area (Å²) in [5.74, 6) is 0.916. The quantitative estimate of drug-likeness (QED) is 0.126. The van der Waals surface area contributed by atoms with Gasteiger partial charge in [-0.3, -0.25) is 0 Å². The molecule has 6 nitrogen and oxygen atoms in total. The zero-order valence-corrected chi connectivity index (χ0v) is 27.2. The van der Waals surface area contributed by atoms with Gasteiger partial charge < -0.3 is 25.2 Å². The minimum absolute atomic E-state index is 0.0103. The van der Waals surface area contributed by atoms with Crippen molar-refractivity contribution in [2.75, 3.05) is 5.75 Å². The van der Waals surface area contributed by atoms with Gasteiger partial charge in [0.1, 0.15) is 0 Å². The van der Waals surface area contributed by atoms with Crippen LogP contribution in [0.25, 0.3) is 11.1 Å². The van der Waals surface area contributed by atoms with Gasteiger partial charge in [0, 0.05) is 35.2 Å². The molecule has 47 heavy (non-hydrogen) atoms. The van der Waals surface area contributed by atoms with Crippen molar-refractivity contribution in [1.29, 1.82) is 0 Å². The number of ether oxygens (including phenoxy) is 2. The van der Waals surface area contributed by atoms with E-state index in [1.54, 1.807) is 11.8 Å². The largest absolute Gasteiger partial charge is 0.392 e. The fourth-order valence-corrected chi connectivity index (χ4v) is 6.89. The van der Waals surface area contributed by atoms with Gasteiger partial charge in [0.05, 0.1) is 18.8 Å². The van der Waals surface area contributed by atoms with E-state index in [1.807, 2.05) is 78.9 Å². The van der Waals surface area contributed by atoms with Crippen molar-refractivity contribution >= 4 is 17.8 Å². The molecule has 1 saturated heterocycles. The molecule has 0 bridgehead atoms. The first-order chi connectivity index (χ1) is 23.1. The summed E-state index contributed by atoms with van der Waals surface area (Å²) < 4.78 is 13.3. The molecule has 4 atom stereocenters. The second kappa shape index (κ2) is 15.9. The molecule has 7 heteroatoms. The normalized spacial score (nSPS) is 19.2. The lowest BCUT2D eigenvalue weighted by molar-refractivity contribution is -0.268. The number of carbonyl (C=O) groups is 1. The number of rotatable bonds is 11. The van der Waals surface area contributed by atoms with Crippen LogP contribution in [0, 0.1) is 5.92 Å². The number of hydrogen-bond donors (Lipinski definition) is 3. The zero-order chi connectivity index (χ0) is 32.4. The molecule has 6 rings (SSSR count). The Morgan fingerprint density at radius 2 is 1.34 bits per heavy atom. The predicted molar refractivity (Wildman–Crippen MR) is 188 cm³/mol. The van der Waals surface area contributed by atoms with Gasteiger partial charge in [0.2, 0.25) is 0 Å². The maximum Gasteiger partial charge on any atom is 0.315 e. The van der Waals surface area contributed by atoms with Gasteiger partial charge in [-0.2, -0.15) is 0 Å². The Morgan fingerprint density at radius 1 is 0.702 bits per heavy atom. The van der Waals surface area contributed by atoms with Crippen LogP contribution in [-0.4, -0.2) is 23.0 Å². The van der Waals surface area contributed by atoms with Crippen molar-refractivity contribution in [2.45, 2.75) is 50.0 Å². The number of amides is 2. The number of urea groups is 1. The van der Waals surface area contributed by atoms with E-state index >= 15 is 0 Å². The van der Waals surface area contributed by atoms with Crippen LogP contribution in [-0.2, 0) is 29.2 Å². The lowest BCUT2D eigenvalue weighted by Crippen LogP contribution is -2.38. The van der Waals surface area contributed by atoms with Crippen molar-refractivity contribution in [3.63, 3.8) is 0 Å². The molecule has 5 aromatic carbocycles. The van der Waals surface area contributed by atoms with E-state index in [-0.39, 0.29) is 30.8 Å². The predicted octanol–water partition coefficient (Wildman–Crippen LogP) is 8.43. The lowest BCUT2D eigenvalue weighted by Gasteiger charge is -2.41. The van der Waals surface area contributed by atoms with Crippen LogP contribution in [0.1, 0.15) is 47.1 Å². The summed E-state index contributed by atoms with van der Waals surface area (Å²) in [6, 6.07) is 44.5. The molecule has 4 unspecified atom stereocenters. The average molecular weight is 645 g/mol.